The highest BCUT2D eigenvalue weighted by atomic mass is 32.1. The van der Waals surface area contributed by atoms with Crippen LogP contribution < -0.4 is 16.6 Å². The lowest BCUT2D eigenvalue weighted by atomic mass is 10.2. The Bertz CT molecular complexity index is 539. The average Bonchev–Trinajstić information content (AvgIpc) is 2.95. The molecule has 0 amide bonds. The number of hydrogen-bond acceptors (Lipinski definition) is 6. The van der Waals surface area contributed by atoms with Crippen molar-refractivity contribution in [3.63, 3.8) is 0 Å². The summed E-state index contributed by atoms with van der Waals surface area (Å²) < 4.78 is 0. The van der Waals surface area contributed by atoms with Crippen LogP contribution in [0.3, 0.4) is 0 Å². The van der Waals surface area contributed by atoms with Crippen LogP contribution in [0.4, 0.5) is 11.6 Å². The third-order valence-electron chi connectivity index (χ3n) is 3.09. The summed E-state index contributed by atoms with van der Waals surface area (Å²) in [5.41, 5.74) is 4.95. The maximum absolute atomic E-state index is 5.52. The lowest BCUT2D eigenvalue weighted by molar-refractivity contribution is 0.829. The van der Waals surface area contributed by atoms with Crippen molar-refractivity contribution in [3.8, 4) is 0 Å². The zero-order valence-corrected chi connectivity index (χ0v) is 12.8. The summed E-state index contributed by atoms with van der Waals surface area (Å²) in [6.45, 7) is 4.93. The minimum Gasteiger partial charge on any atom is -0.369 e. The van der Waals surface area contributed by atoms with E-state index >= 15 is 0 Å². The second-order valence-electron chi connectivity index (χ2n) is 4.66. The number of hydrazine groups is 1. The highest BCUT2D eigenvalue weighted by molar-refractivity contribution is 7.07. The Morgan fingerprint density at radius 1 is 1.25 bits per heavy atom. The van der Waals surface area contributed by atoms with Gasteiger partial charge in [-0.1, -0.05) is 6.92 Å². The molecule has 2 aromatic heterocycles. The van der Waals surface area contributed by atoms with Gasteiger partial charge in [0, 0.05) is 18.5 Å². The molecule has 2 aromatic rings. The first kappa shape index (κ1) is 14.7. The van der Waals surface area contributed by atoms with Crippen molar-refractivity contribution in [3.05, 3.63) is 33.8 Å². The van der Waals surface area contributed by atoms with Crippen molar-refractivity contribution >= 4 is 23.0 Å². The summed E-state index contributed by atoms with van der Waals surface area (Å²) in [6.07, 6.45) is 2.86. The van der Waals surface area contributed by atoms with Gasteiger partial charge in [-0.05, 0) is 42.2 Å². The quantitative estimate of drug-likeness (QED) is 0.540. The molecule has 0 aromatic carbocycles. The molecule has 0 saturated heterocycles. The average molecular weight is 291 g/mol. The van der Waals surface area contributed by atoms with E-state index in [9.17, 15) is 0 Å². The molecule has 6 heteroatoms. The fourth-order valence-electron chi connectivity index (χ4n) is 1.97. The first-order valence-corrected chi connectivity index (χ1v) is 7.78. The van der Waals surface area contributed by atoms with Gasteiger partial charge >= 0.3 is 0 Å². The normalized spacial score (nSPS) is 10.6. The zero-order valence-electron chi connectivity index (χ0n) is 11.9. The Balaban J connectivity index is 2.06. The number of nitrogens with one attached hydrogen (secondary N) is 2. The minimum absolute atomic E-state index is 0.696. The maximum Gasteiger partial charge on any atom is 0.148 e. The van der Waals surface area contributed by atoms with Crippen molar-refractivity contribution in [2.45, 2.75) is 33.1 Å². The van der Waals surface area contributed by atoms with Crippen LogP contribution in [0.2, 0.25) is 0 Å². The molecule has 0 aliphatic rings. The number of anilines is 2. The van der Waals surface area contributed by atoms with Gasteiger partial charge in [0.25, 0.3) is 0 Å². The third kappa shape index (κ3) is 3.68. The van der Waals surface area contributed by atoms with Crippen molar-refractivity contribution in [2.75, 3.05) is 17.3 Å². The molecule has 5 nitrogen and oxygen atoms in total. The number of nitrogens with zero attached hydrogens (tertiary/aromatic N) is 2. The first-order chi connectivity index (χ1) is 9.74. The van der Waals surface area contributed by atoms with E-state index in [0.717, 1.165) is 43.0 Å². The number of rotatable bonds is 7. The molecule has 0 aliphatic heterocycles. The van der Waals surface area contributed by atoms with Crippen LogP contribution in [0.5, 0.6) is 0 Å². The van der Waals surface area contributed by atoms with E-state index in [-0.39, 0.29) is 0 Å². The van der Waals surface area contributed by atoms with Crippen molar-refractivity contribution in [1.29, 1.82) is 0 Å². The molecule has 0 fully saturated rings. The first-order valence-electron chi connectivity index (χ1n) is 6.83. The SMILES string of the molecule is CCCc1nc(NN)c(C)c(NCCc2ccsc2)n1. The van der Waals surface area contributed by atoms with E-state index in [0.29, 0.717) is 5.82 Å². The van der Waals surface area contributed by atoms with Gasteiger partial charge in [-0.15, -0.1) is 0 Å². The summed E-state index contributed by atoms with van der Waals surface area (Å²) in [4.78, 5) is 8.99. The Morgan fingerprint density at radius 3 is 2.70 bits per heavy atom. The topological polar surface area (TPSA) is 75.9 Å². The van der Waals surface area contributed by atoms with Gasteiger partial charge in [-0.3, -0.25) is 0 Å². The van der Waals surface area contributed by atoms with E-state index in [4.69, 9.17) is 5.84 Å². The van der Waals surface area contributed by atoms with E-state index < -0.39 is 0 Å². The number of aromatic nitrogens is 2. The molecule has 0 unspecified atom stereocenters. The number of hydrogen-bond donors (Lipinski definition) is 3. The highest BCUT2D eigenvalue weighted by Gasteiger charge is 2.09. The fourth-order valence-corrected chi connectivity index (χ4v) is 2.67. The van der Waals surface area contributed by atoms with Gasteiger partial charge in [0.05, 0.1) is 0 Å². The Kier molecular flexibility index (Phi) is 5.31. The van der Waals surface area contributed by atoms with Gasteiger partial charge in [0.2, 0.25) is 0 Å². The minimum atomic E-state index is 0.696. The smallest absolute Gasteiger partial charge is 0.148 e. The second-order valence-corrected chi connectivity index (χ2v) is 5.44. The predicted molar refractivity (Wildman–Crippen MR) is 85.1 cm³/mol. The predicted octanol–water partition coefficient (Wildman–Crippen LogP) is 2.74. The second kappa shape index (κ2) is 7.21. The van der Waals surface area contributed by atoms with Gasteiger partial charge in [0.15, 0.2) is 0 Å². The molecule has 4 N–H and O–H groups in total. The molecule has 2 rings (SSSR count). The van der Waals surface area contributed by atoms with Crippen LogP contribution in [-0.2, 0) is 12.8 Å². The Labute approximate surface area is 123 Å². The van der Waals surface area contributed by atoms with Crippen LogP contribution in [0.15, 0.2) is 16.8 Å². The summed E-state index contributed by atoms with van der Waals surface area (Å²) in [6, 6.07) is 2.15. The number of thiophene rings is 1. The third-order valence-corrected chi connectivity index (χ3v) is 3.82. The molecule has 20 heavy (non-hydrogen) atoms. The van der Waals surface area contributed by atoms with Crippen molar-refractivity contribution in [1.82, 2.24) is 9.97 Å². The maximum atomic E-state index is 5.52. The lowest BCUT2D eigenvalue weighted by Crippen LogP contribution is -2.16. The van der Waals surface area contributed by atoms with Crippen molar-refractivity contribution in [2.24, 2.45) is 5.84 Å². The van der Waals surface area contributed by atoms with Crippen LogP contribution in [0.1, 0.15) is 30.3 Å². The Morgan fingerprint density at radius 2 is 2.05 bits per heavy atom. The van der Waals surface area contributed by atoms with Crippen molar-refractivity contribution < 1.29 is 0 Å². The standard InChI is InChI=1S/C14H21N5S/c1-3-4-12-17-13(10(2)14(18-12)19-15)16-7-5-11-6-8-20-9-11/h6,8-9H,3-5,7,15H2,1-2H3,(H2,16,17,18,19). The molecule has 0 atom stereocenters. The number of nitrogens with two attached hydrogens (primary N) is 1. The van der Waals surface area contributed by atoms with Gasteiger partial charge < -0.3 is 10.7 Å². The molecular weight excluding hydrogens is 270 g/mol. The van der Waals surface area contributed by atoms with Gasteiger partial charge in [0.1, 0.15) is 17.5 Å². The van der Waals surface area contributed by atoms with Crippen LogP contribution in [0.25, 0.3) is 0 Å². The molecule has 108 valence electrons. The van der Waals surface area contributed by atoms with Gasteiger partial charge in [-0.2, -0.15) is 11.3 Å². The Hall–Kier alpha value is -1.66. The molecule has 2 heterocycles. The molecular formula is C14H21N5S. The number of aryl methyl sites for hydroxylation is 1. The fraction of sp³-hybridized carbons (Fsp3) is 0.429. The van der Waals surface area contributed by atoms with E-state index in [1.54, 1.807) is 11.3 Å². The lowest BCUT2D eigenvalue weighted by Gasteiger charge is -2.13. The van der Waals surface area contributed by atoms with Crippen LogP contribution >= 0.6 is 11.3 Å². The largest absolute Gasteiger partial charge is 0.369 e. The summed E-state index contributed by atoms with van der Waals surface area (Å²) in [7, 11) is 0. The van der Waals surface area contributed by atoms with Gasteiger partial charge in [-0.25, -0.2) is 15.8 Å². The molecule has 0 radical (unpaired) electrons. The zero-order chi connectivity index (χ0) is 14.4. The molecule has 0 spiro atoms. The van der Waals surface area contributed by atoms with E-state index in [1.165, 1.54) is 5.56 Å². The molecule has 0 bridgehead atoms. The van der Waals surface area contributed by atoms with Crippen LogP contribution in [-0.4, -0.2) is 16.5 Å². The summed E-state index contributed by atoms with van der Waals surface area (Å²) >= 11 is 1.72. The highest BCUT2D eigenvalue weighted by Crippen LogP contribution is 2.19. The van der Waals surface area contributed by atoms with E-state index in [2.05, 4.69) is 44.5 Å². The summed E-state index contributed by atoms with van der Waals surface area (Å²) in [5, 5.41) is 7.65. The summed E-state index contributed by atoms with van der Waals surface area (Å²) in [5.74, 6) is 7.91. The monoisotopic (exact) mass is 291 g/mol. The van der Waals surface area contributed by atoms with E-state index in [1.807, 2.05) is 6.92 Å². The molecule has 0 aliphatic carbocycles. The van der Waals surface area contributed by atoms with Crippen LogP contribution in [0, 0.1) is 6.92 Å². The molecule has 0 saturated carbocycles. The number of nitrogen functional groups attached to an aromatic ring is 1.